The normalized spacial score (nSPS) is 11.8. The minimum Gasteiger partial charge on any atom is -0.497 e. The number of methoxy groups -OCH3 is 2. The Morgan fingerprint density at radius 2 is 1.12 bits per heavy atom. The van der Waals surface area contributed by atoms with Crippen LogP contribution in [0.15, 0.2) is 56.9 Å². The highest BCUT2D eigenvalue weighted by Gasteiger charge is 2.19. The Bertz CT molecular complexity index is 1550. The van der Waals surface area contributed by atoms with Gasteiger partial charge < -0.3 is 28.8 Å². The summed E-state index contributed by atoms with van der Waals surface area (Å²) in [5, 5.41) is 38.7. The SMILES string of the molecule is CCCCn1c(O)c(N=NC(=O)CCCC(=O)N=Nc2c(O)n(CCCC)c3ccc(OC)cc23)c2cc(OC)ccc21. The molecule has 0 saturated heterocycles. The molecule has 0 saturated carbocycles. The second-order valence-corrected chi connectivity index (χ2v) is 10.2. The maximum atomic E-state index is 12.5. The first-order valence-corrected chi connectivity index (χ1v) is 14.5. The smallest absolute Gasteiger partial charge is 0.264 e. The van der Waals surface area contributed by atoms with E-state index in [9.17, 15) is 19.8 Å². The number of nitrogens with zero attached hydrogens (tertiary/aromatic N) is 6. The molecule has 2 aromatic heterocycles. The Labute approximate surface area is 249 Å². The molecular weight excluding hydrogens is 552 g/mol. The molecule has 12 nitrogen and oxygen atoms in total. The van der Waals surface area contributed by atoms with E-state index < -0.39 is 11.8 Å². The number of fused-ring (bicyclic) bond motifs is 2. The van der Waals surface area contributed by atoms with Crippen molar-refractivity contribution < 1.29 is 29.3 Å². The number of hydrogen-bond donors (Lipinski definition) is 2. The summed E-state index contributed by atoms with van der Waals surface area (Å²) in [5.41, 5.74) is 1.92. The summed E-state index contributed by atoms with van der Waals surface area (Å²) >= 11 is 0. The minimum absolute atomic E-state index is 0.0396. The van der Waals surface area contributed by atoms with Gasteiger partial charge in [-0.3, -0.25) is 9.59 Å². The van der Waals surface area contributed by atoms with Crippen molar-refractivity contribution in [1.29, 1.82) is 0 Å². The van der Waals surface area contributed by atoms with E-state index >= 15 is 0 Å². The first-order valence-electron chi connectivity index (χ1n) is 14.5. The van der Waals surface area contributed by atoms with E-state index in [1.54, 1.807) is 47.6 Å². The quantitative estimate of drug-likeness (QED) is 0.143. The number of unbranched alkanes of at least 4 members (excludes halogenated alkanes) is 2. The average molecular weight is 591 g/mol. The molecule has 2 N–H and O–H groups in total. The summed E-state index contributed by atoms with van der Waals surface area (Å²) in [6, 6.07) is 10.8. The lowest BCUT2D eigenvalue weighted by molar-refractivity contribution is -0.119. The highest BCUT2D eigenvalue weighted by Crippen LogP contribution is 2.42. The standard InChI is InChI=1S/C31H38N6O6/c1-5-7-16-36-24-14-12-20(42-3)18-22(24)28(30(36)40)34-32-26(38)10-9-11-27(39)33-35-29-23-19-21(43-4)13-15-25(23)37(31(29)41)17-8-6-2/h12-15,18-19,40-41H,5-11,16-17H2,1-4H3. The fourth-order valence-electron chi connectivity index (χ4n) is 4.84. The van der Waals surface area contributed by atoms with E-state index in [0.29, 0.717) is 35.4 Å². The van der Waals surface area contributed by atoms with Crippen LogP contribution in [0, 0.1) is 0 Å². The molecule has 2 aromatic carbocycles. The number of hydrogen-bond acceptors (Lipinski definition) is 8. The van der Waals surface area contributed by atoms with Gasteiger partial charge in [0.05, 0.1) is 25.3 Å². The number of amides is 2. The summed E-state index contributed by atoms with van der Waals surface area (Å²) in [6.07, 6.45) is 3.72. The number of carbonyl (C=O) groups excluding carboxylic acids is 2. The van der Waals surface area contributed by atoms with Crippen molar-refractivity contribution in [2.24, 2.45) is 20.5 Å². The van der Waals surface area contributed by atoms with Gasteiger partial charge in [-0.05, 0) is 55.7 Å². The summed E-state index contributed by atoms with van der Waals surface area (Å²) in [4.78, 5) is 25.0. The molecule has 228 valence electrons. The van der Waals surface area contributed by atoms with E-state index in [-0.39, 0.29) is 42.4 Å². The number of rotatable bonds is 14. The maximum Gasteiger partial charge on any atom is 0.264 e. The van der Waals surface area contributed by atoms with E-state index in [1.807, 2.05) is 12.1 Å². The average Bonchev–Trinajstić information content (AvgIpc) is 3.43. The van der Waals surface area contributed by atoms with Crippen LogP contribution in [0.5, 0.6) is 23.3 Å². The summed E-state index contributed by atoms with van der Waals surface area (Å²) in [7, 11) is 3.10. The van der Waals surface area contributed by atoms with E-state index in [4.69, 9.17) is 9.47 Å². The van der Waals surface area contributed by atoms with Crippen molar-refractivity contribution in [3.05, 3.63) is 36.4 Å². The molecule has 0 unspecified atom stereocenters. The molecule has 2 heterocycles. The number of carbonyl (C=O) groups is 2. The lowest BCUT2D eigenvalue weighted by Crippen LogP contribution is -1.97. The van der Waals surface area contributed by atoms with Gasteiger partial charge in [0.15, 0.2) is 11.4 Å². The Hall–Kier alpha value is -4.74. The Balaban J connectivity index is 1.42. The van der Waals surface area contributed by atoms with E-state index in [1.165, 1.54) is 0 Å². The molecule has 4 aromatic rings. The molecule has 0 spiro atoms. The first-order chi connectivity index (χ1) is 20.8. The number of ether oxygens (including phenoxy) is 2. The molecule has 0 aliphatic rings. The number of aryl methyl sites for hydroxylation is 2. The van der Waals surface area contributed by atoms with Crippen LogP contribution in [0.2, 0.25) is 0 Å². The van der Waals surface area contributed by atoms with Crippen LogP contribution < -0.4 is 9.47 Å². The zero-order valence-electron chi connectivity index (χ0n) is 25.0. The molecule has 0 aliphatic carbocycles. The van der Waals surface area contributed by atoms with Crippen molar-refractivity contribution in [2.75, 3.05) is 14.2 Å². The highest BCUT2D eigenvalue weighted by atomic mass is 16.5. The van der Waals surface area contributed by atoms with E-state index in [0.717, 1.165) is 36.7 Å². The predicted octanol–water partition coefficient (Wildman–Crippen LogP) is 7.72. The largest absolute Gasteiger partial charge is 0.497 e. The third-order valence-electron chi connectivity index (χ3n) is 7.21. The van der Waals surface area contributed by atoms with Crippen LogP contribution in [-0.4, -0.2) is 45.4 Å². The molecule has 2 amide bonds. The van der Waals surface area contributed by atoms with Crippen molar-refractivity contribution in [2.45, 2.75) is 71.9 Å². The molecule has 4 rings (SSSR count). The number of aromatic hydroxyl groups is 2. The highest BCUT2D eigenvalue weighted by molar-refractivity contribution is 5.97. The van der Waals surface area contributed by atoms with Gasteiger partial charge in [0, 0.05) is 36.7 Å². The van der Waals surface area contributed by atoms with Crippen molar-refractivity contribution in [3.63, 3.8) is 0 Å². The van der Waals surface area contributed by atoms with Crippen molar-refractivity contribution >= 4 is 45.0 Å². The fraction of sp³-hybridized carbons (Fsp3) is 0.419. The van der Waals surface area contributed by atoms with Gasteiger partial charge in [0.1, 0.15) is 11.5 Å². The van der Waals surface area contributed by atoms with Crippen molar-refractivity contribution in [3.8, 4) is 23.3 Å². The molecule has 0 atom stereocenters. The minimum atomic E-state index is -0.537. The molecule has 0 radical (unpaired) electrons. The van der Waals surface area contributed by atoms with Crippen molar-refractivity contribution in [1.82, 2.24) is 9.13 Å². The fourth-order valence-corrected chi connectivity index (χ4v) is 4.84. The summed E-state index contributed by atoms with van der Waals surface area (Å²) in [6.45, 7) is 5.31. The molecule has 0 fully saturated rings. The molecular formula is C31H38N6O6. The monoisotopic (exact) mass is 590 g/mol. The van der Waals surface area contributed by atoms with Crippen LogP contribution in [0.25, 0.3) is 21.8 Å². The zero-order chi connectivity index (χ0) is 30.9. The number of azo groups is 2. The van der Waals surface area contributed by atoms with Crippen LogP contribution in [0.1, 0.15) is 58.8 Å². The lowest BCUT2D eigenvalue weighted by Gasteiger charge is -2.05. The number of aromatic nitrogens is 2. The van der Waals surface area contributed by atoms with E-state index in [2.05, 4.69) is 34.3 Å². The molecule has 43 heavy (non-hydrogen) atoms. The first kappa shape index (κ1) is 31.2. The topological polar surface area (TPSA) is 152 Å². The Morgan fingerprint density at radius 1 is 0.698 bits per heavy atom. The maximum absolute atomic E-state index is 12.5. The molecule has 0 aliphatic heterocycles. The van der Waals surface area contributed by atoms with Crippen LogP contribution in [0.3, 0.4) is 0 Å². The second-order valence-electron chi connectivity index (χ2n) is 10.2. The number of benzene rings is 2. The van der Waals surface area contributed by atoms with Gasteiger partial charge in [0.25, 0.3) is 11.8 Å². The van der Waals surface area contributed by atoms with Crippen LogP contribution >= 0.6 is 0 Å². The van der Waals surface area contributed by atoms with Crippen LogP contribution in [-0.2, 0) is 22.7 Å². The second kappa shape index (κ2) is 14.4. The van der Waals surface area contributed by atoms with Gasteiger partial charge in [-0.15, -0.1) is 20.5 Å². The van der Waals surface area contributed by atoms with Crippen LogP contribution in [0.4, 0.5) is 11.4 Å². The third kappa shape index (κ3) is 7.02. The third-order valence-corrected chi connectivity index (χ3v) is 7.21. The Morgan fingerprint density at radius 3 is 1.49 bits per heavy atom. The van der Waals surface area contributed by atoms with Gasteiger partial charge in [-0.25, -0.2) is 0 Å². The summed E-state index contributed by atoms with van der Waals surface area (Å²) < 4.78 is 14.1. The van der Waals surface area contributed by atoms with Gasteiger partial charge >= 0.3 is 0 Å². The zero-order valence-corrected chi connectivity index (χ0v) is 25.0. The summed E-state index contributed by atoms with van der Waals surface area (Å²) in [5.74, 6) is -0.0286. The van der Waals surface area contributed by atoms with Gasteiger partial charge in [-0.1, -0.05) is 26.7 Å². The molecule has 0 bridgehead atoms. The lowest BCUT2D eigenvalue weighted by atomic mass is 10.2. The predicted molar refractivity (Wildman–Crippen MR) is 163 cm³/mol. The molecule has 12 heteroatoms. The van der Waals surface area contributed by atoms with Gasteiger partial charge in [-0.2, -0.15) is 0 Å². The van der Waals surface area contributed by atoms with Gasteiger partial charge in [0.2, 0.25) is 11.8 Å². The Kier molecular flexibility index (Phi) is 10.5.